The summed E-state index contributed by atoms with van der Waals surface area (Å²) in [7, 11) is 2.15. The molecule has 0 bridgehead atoms. The minimum absolute atomic E-state index is 0.663. The predicted octanol–water partition coefficient (Wildman–Crippen LogP) is 2.04. The molecule has 5 heteroatoms. The van der Waals surface area contributed by atoms with Crippen molar-refractivity contribution in [3.8, 4) is 0 Å². The molecule has 0 amide bonds. The van der Waals surface area contributed by atoms with Gasteiger partial charge in [-0.25, -0.2) is 0 Å². The van der Waals surface area contributed by atoms with E-state index in [2.05, 4.69) is 33.1 Å². The van der Waals surface area contributed by atoms with Gasteiger partial charge < -0.3 is 9.80 Å². The van der Waals surface area contributed by atoms with E-state index in [1.807, 2.05) is 18.3 Å². The average molecular weight is 263 g/mol. The standard InChI is InChI=1S/C13H15ClN4/c1-17-5-7-18(8-6-17)12-9-15-16-13-10(12)3-2-4-11(13)14/h2-4,9H,5-8H2,1H3. The van der Waals surface area contributed by atoms with E-state index >= 15 is 0 Å². The molecule has 3 rings (SSSR count). The quantitative estimate of drug-likeness (QED) is 0.787. The Kier molecular flexibility index (Phi) is 3.06. The summed E-state index contributed by atoms with van der Waals surface area (Å²) in [5, 5.41) is 9.96. The number of likely N-dealkylation sites (N-methyl/N-ethyl adjacent to an activating group) is 1. The van der Waals surface area contributed by atoms with Crippen molar-refractivity contribution in [2.45, 2.75) is 0 Å². The first kappa shape index (κ1) is 11.7. The molecule has 1 aliphatic rings. The molecule has 1 aromatic heterocycles. The zero-order valence-corrected chi connectivity index (χ0v) is 11.1. The molecule has 18 heavy (non-hydrogen) atoms. The molecule has 2 heterocycles. The van der Waals surface area contributed by atoms with Crippen LogP contribution in [0.2, 0.25) is 5.02 Å². The molecule has 1 fully saturated rings. The topological polar surface area (TPSA) is 32.3 Å². The van der Waals surface area contributed by atoms with E-state index in [1.54, 1.807) is 0 Å². The maximum atomic E-state index is 6.16. The van der Waals surface area contributed by atoms with Crippen LogP contribution >= 0.6 is 11.6 Å². The van der Waals surface area contributed by atoms with Crippen molar-refractivity contribution in [2.24, 2.45) is 0 Å². The van der Waals surface area contributed by atoms with Crippen molar-refractivity contribution in [2.75, 3.05) is 38.1 Å². The van der Waals surface area contributed by atoms with Gasteiger partial charge in [0.15, 0.2) is 0 Å². The second kappa shape index (κ2) is 4.71. The number of fused-ring (bicyclic) bond motifs is 1. The fraction of sp³-hybridized carbons (Fsp3) is 0.385. The first-order chi connectivity index (χ1) is 8.75. The molecule has 1 aromatic carbocycles. The Hall–Kier alpha value is -1.39. The molecule has 4 nitrogen and oxygen atoms in total. The number of nitrogens with zero attached hydrogens (tertiary/aromatic N) is 4. The largest absolute Gasteiger partial charge is 0.367 e. The van der Waals surface area contributed by atoms with E-state index in [0.717, 1.165) is 42.8 Å². The highest BCUT2D eigenvalue weighted by Gasteiger charge is 2.17. The number of hydrogen-bond donors (Lipinski definition) is 0. The third kappa shape index (κ3) is 2.02. The van der Waals surface area contributed by atoms with Crippen LogP contribution in [0.3, 0.4) is 0 Å². The smallest absolute Gasteiger partial charge is 0.114 e. The number of anilines is 1. The van der Waals surface area contributed by atoms with E-state index < -0.39 is 0 Å². The van der Waals surface area contributed by atoms with Crippen LogP contribution in [0.25, 0.3) is 10.9 Å². The summed E-state index contributed by atoms with van der Waals surface area (Å²) < 4.78 is 0. The van der Waals surface area contributed by atoms with Gasteiger partial charge in [-0.1, -0.05) is 23.7 Å². The molecule has 0 N–H and O–H groups in total. The van der Waals surface area contributed by atoms with Crippen molar-refractivity contribution in [3.63, 3.8) is 0 Å². The molecule has 2 aromatic rings. The minimum atomic E-state index is 0.663. The Morgan fingerprint density at radius 3 is 2.72 bits per heavy atom. The lowest BCUT2D eigenvalue weighted by molar-refractivity contribution is 0.313. The third-order valence-electron chi connectivity index (χ3n) is 3.44. The molecule has 0 saturated carbocycles. The molecular weight excluding hydrogens is 248 g/mol. The second-order valence-corrected chi connectivity index (χ2v) is 5.06. The van der Waals surface area contributed by atoms with Crippen LogP contribution in [0.4, 0.5) is 5.69 Å². The van der Waals surface area contributed by atoms with Crippen LogP contribution in [-0.2, 0) is 0 Å². The molecule has 0 spiro atoms. The summed E-state index contributed by atoms with van der Waals surface area (Å²) in [5.41, 5.74) is 1.92. The van der Waals surface area contributed by atoms with E-state index in [0.29, 0.717) is 5.02 Å². The summed E-state index contributed by atoms with van der Waals surface area (Å²) in [6, 6.07) is 5.88. The lowest BCUT2D eigenvalue weighted by Gasteiger charge is -2.34. The number of rotatable bonds is 1. The number of aromatic nitrogens is 2. The van der Waals surface area contributed by atoms with E-state index in [9.17, 15) is 0 Å². The van der Waals surface area contributed by atoms with Gasteiger partial charge in [0.25, 0.3) is 0 Å². The van der Waals surface area contributed by atoms with Crippen LogP contribution in [0.5, 0.6) is 0 Å². The number of benzene rings is 1. The monoisotopic (exact) mass is 262 g/mol. The van der Waals surface area contributed by atoms with E-state index in [-0.39, 0.29) is 0 Å². The highest BCUT2D eigenvalue weighted by molar-refractivity contribution is 6.35. The van der Waals surface area contributed by atoms with Crippen molar-refractivity contribution in [1.82, 2.24) is 15.1 Å². The Morgan fingerprint density at radius 1 is 1.17 bits per heavy atom. The molecule has 0 aliphatic carbocycles. The summed E-state index contributed by atoms with van der Waals surface area (Å²) in [4.78, 5) is 4.69. The van der Waals surface area contributed by atoms with Gasteiger partial charge in [-0.3, -0.25) is 0 Å². The first-order valence-corrected chi connectivity index (χ1v) is 6.47. The van der Waals surface area contributed by atoms with Gasteiger partial charge in [0.2, 0.25) is 0 Å². The van der Waals surface area contributed by atoms with Gasteiger partial charge in [-0.05, 0) is 13.1 Å². The molecule has 0 atom stereocenters. The highest BCUT2D eigenvalue weighted by atomic mass is 35.5. The fourth-order valence-corrected chi connectivity index (χ4v) is 2.55. The Morgan fingerprint density at radius 2 is 1.94 bits per heavy atom. The maximum Gasteiger partial charge on any atom is 0.114 e. The zero-order valence-electron chi connectivity index (χ0n) is 10.3. The van der Waals surface area contributed by atoms with Crippen LogP contribution in [0.15, 0.2) is 24.4 Å². The highest BCUT2D eigenvalue weighted by Crippen LogP contribution is 2.29. The fourth-order valence-electron chi connectivity index (χ4n) is 2.33. The van der Waals surface area contributed by atoms with Crippen molar-refractivity contribution < 1.29 is 0 Å². The van der Waals surface area contributed by atoms with Crippen LogP contribution < -0.4 is 4.90 Å². The van der Waals surface area contributed by atoms with Crippen LogP contribution in [0, 0.1) is 0 Å². The normalized spacial score (nSPS) is 17.3. The van der Waals surface area contributed by atoms with Crippen LogP contribution in [0.1, 0.15) is 0 Å². The van der Waals surface area contributed by atoms with Gasteiger partial charge >= 0.3 is 0 Å². The third-order valence-corrected chi connectivity index (χ3v) is 3.75. The number of halogens is 1. The molecular formula is C13H15ClN4. The zero-order chi connectivity index (χ0) is 12.5. The Labute approximate surface area is 111 Å². The molecule has 1 saturated heterocycles. The van der Waals surface area contributed by atoms with Gasteiger partial charge in [0.1, 0.15) is 5.52 Å². The van der Waals surface area contributed by atoms with E-state index in [4.69, 9.17) is 11.6 Å². The van der Waals surface area contributed by atoms with Crippen LogP contribution in [-0.4, -0.2) is 48.3 Å². The maximum absolute atomic E-state index is 6.16. The average Bonchev–Trinajstić information content (AvgIpc) is 2.40. The lowest BCUT2D eigenvalue weighted by Crippen LogP contribution is -2.44. The van der Waals surface area contributed by atoms with E-state index in [1.165, 1.54) is 0 Å². The van der Waals surface area contributed by atoms with Gasteiger partial charge in [-0.15, -0.1) is 5.10 Å². The first-order valence-electron chi connectivity index (χ1n) is 6.09. The molecule has 0 radical (unpaired) electrons. The molecule has 1 aliphatic heterocycles. The molecule has 94 valence electrons. The Bertz CT molecular complexity index is 564. The molecule has 0 unspecified atom stereocenters. The van der Waals surface area contributed by atoms with Crippen molar-refractivity contribution >= 4 is 28.2 Å². The Balaban J connectivity index is 2.04. The summed E-state index contributed by atoms with van der Waals surface area (Å²) in [6.07, 6.45) is 1.84. The second-order valence-electron chi connectivity index (χ2n) is 4.66. The summed E-state index contributed by atoms with van der Waals surface area (Å²) in [6.45, 7) is 4.18. The number of hydrogen-bond acceptors (Lipinski definition) is 4. The van der Waals surface area contributed by atoms with Crippen molar-refractivity contribution in [3.05, 3.63) is 29.4 Å². The lowest BCUT2D eigenvalue weighted by atomic mass is 10.2. The number of piperazine rings is 1. The summed E-state index contributed by atoms with van der Waals surface area (Å²) >= 11 is 6.16. The SMILES string of the molecule is CN1CCN(c2cnnc3c(Cl)cccc23)CC1. The van der Waals surface area contributed by atoms with Gasteiger partial charge in [0.05, 0.1) is 16.9 Å². The van der Waals surface area contributed by atoms with Crippen molar-refractivity contribution in [1.29, 1.82) is 0 Å². The van der Waals surface area contributed by atoms with Gasteiger partial charge in [-0.2, -0.15) is 5.10 Å². The minimum Gasteiger partial charge on any atom is -0.367 e. The van der Waals surface area contributed by atoms with Gasteiger partial charge in [0, 0.05) is 31.6 Å². The summed E-state index contributed by atoms with van der Waals surface area (Å²) in [5.74, 6) is 0. The predicted molar refractivity (Wildman–Crippen MR) is 74.3 cm³/mol.